The van der Waals surface area contributed by atoms with Crippen LogP contribution in [0.4, 0.5) is 5.69 Å². The molecule has 0 aliphatic carbocycles. The van der Waals surface area contributed by atoms with Gasteiger partial charge in [0.05, 0.1) is 11.3 Å². The molecule has 1 N–H and O–H groups in total. The average molecular weight is 229 g/mol. The summed E-state index contributed by atoms with van der Waals surface area (Å²) in [4.78, 5) is 2.38. The van der Waals surface area contributed by atoms with Gasteiger partial charge in [-0.2, -0.15) is 5.26 Å². The molecule has 1 aliphatic heterocycles. The van der Waals surface area contributed by atoms with Crippen molar-refractivity contribution in [2.45, 2.75) is 31.8 Å². The Bertz CT molecular complexity index is 422. The number of likely N-dealkylation sites (tertiary alicyclic amines) is 1. The molecule has 0 saturated carbocycles. The van der Waals surface area contributed by atoms with Crippen LogP contribution in [0.2, 0.25) is 0 Å². The van der Waals surface area contributed by atoms with Gasteiger partial charge in [0, 0.05) is 18.6 Å². The molecule has 3 nitrogen and oxygen atoms in total. The van der Waals surface area contributed by atoms with Crippen LogP contribution < -0.4 is 5.32 Å². The van der Waals surface area contributed by atoms with Gasteiger partial charge < -0.3 is 10.2 Å². The first-order valence-corrected chi connectivity index (χ1v) is 6.16. The van der Waals surface area contributed by atoms with E-state index in [2.05, 4.69) is 30.3 Å². The molecule has 2 atom stereocenters. The van der Waals surface area contributed by atoms with Gasteiger partial charge in [0.25, 0.3) is 0 Å². The van der Waals surface area contributed by atoms with Crippen molar-refractivity contribution in [1.82, 2.24) is 4.90 Å². The van der Waals surface area contributed by atoms with Gasteiger partial charge in [-0.15, -0.1) is 0 Å². The Morgan fingerprint density at radius 1 is 1.41 bits per heavy atom. The van der Waals surface area contributed by atoms with Crippen LogP contribution >= 0.6 is 0 Å². The molecule has 0 radical (unpaired) electrons. The summed E-state index contributed by atoms with van der Waals surface area (Å²) in [5, 5.41) is 12.5. The zero-order valence-corrected chi connectivity index (χ0v) is 10.5. The second-order valence-electron chi connectivity index (χ2n) is 4.85. The molecule has 1 aromatic carbocycles. The lowest BCUT2D eigenvalue weighted by atomic mass is 9.98. The van der Waals surface area contributed by atoms with Gasteiger partial charge in [0.2, 0.25) is 0 Å². The number of hydrogen-bond acceptors (Lipinski definition) is 3. The quantitative estimate of drug-likeness (QED) is 0.846. The fraction of sp³-hybridized carbons (Fsp3) is 0.500. The van der Waals surface area contributed by atoms with Gasteiger partial charge in [-0.3, -0.25) is 0 Å². The minimum atomic E-state index is 0.482. The van der Waals surface area contributed by atoms with Crippen molar-refractivity contribution in [1.29, 1.82) is 5.26 Å². The Hall–Kier alpha value is -1.53. The van der Waals surface area contributed by atoms with Crippen molar-refractivity contribution < 1.29 is 0 Å². The van der Waals surface area contributed by atoms with Gasteiger partial charge in [-0.25, -0.2) is 0 Å². The van der Waals surface area contributed by atoms with Crippen molar-refractivity contribution in [3.05, 3.63) is 29.8 Å². The van der Waals surface area contributed by atoms with Crippen LogP contribution in [0, 0.1) is 11.3 Å². The van der Waals surface area contributed by atoms with Crippen LogP contribution in [0.5, 0.6) is 0 Å². The van der Waals surface area contributed by atoms with Crippen molar-refractivity contribution in [2.75, 3.05) is 18.9 Å². The number of para-hydroxylation sites is 1. The summed E-state index contributed by atoms with van der Waals surface area (Å²) in [5.41, 5.74) is 1.70. The van der Waals surface area contributed by atoms with Gasteiger partial charge in [-0.1, -0.05) is 12.1 Å². The van der Waals surface area contributed by atoms with Gasteiger partial charge in [-0.05, 0) is 38.9 Å². The molecular weight excluding hydrogens is 210 g/mol. The largest absolute Gasteiger partial charge is 0.381 e. The molecule has 1 aromatic rings. The number of anilines is 1. The number of hydrogen-bond donors (Lipinski definition) is 1. The third kappa shape index (κ3) is 2.78. The number of piperidine rings is 1. The Balaban J connectivity index is 2.04. The predicted octanol–water partition coefficient (Wildman–Crippen LogP) is 2.45. The SMILES string of the molecule is CC1CC(Nc2ccccc2C#N)CCN1C. The first-order chi connectivity index (χ1) is 8.20. The van der Waals surface area contributed by atoms with Crippen LogP contribution in [0.25, 0.3) is 0 Å². The van der Waals surface area contributed by atoms with Crippen LogP contribution in [0.1, 0.15) is 25.3 Å². The van der Waals surface area contributed by atoms with E-state index in [1.165, 1.54) is 0 Å². The highest BCUT2D eigenvalue weighted by atomic mass is 15.1. The summed E-state index contributed by atoms with van der Waals surface area (Å²) in [6.45, 7) is 3.37. The van der Waals surface area contributed by atoms with Crippen molar-refractivity contribution in [3.63, 3.8) is 0 Å². The molecule has 1 heterocycles. The number of benzene rings is 1. The molecule has 1 saturated heterocycles. The lowest BCUT2D eigenvalue weighted by molar-refractivity contribution is 0.190. The van der Waals surface area contributed by atoms with E-state index in [0.29, 0.717) is 12.1 Å². The summed E-state index contributed by atoms with van der Waals surface area (Å²) in [6.07, 6.45) is 2.27. The maximum absolute atomic E-state index is 9.04. The minimum Gasteiger partial charge on any atom is -0.381 e. The van der Waals surface area contributed by atoms with E-state index in [1.54, 1.807) is 0 Å². The zero-order chi connectivity index (χ0) is 12.3. The van der Waals surface area contributed by atoms with Crippen LogP contribution in [0.15, 0.2) is 24.3 Å². The van der Waals surface area contributed by atoms with Crippen molar-refractivity contribution in [2.24, 2.45) is 0 Å². The lowest BCUT2D eigenvalue weighted by Gasteiger charge is -2.35. The lowest BCUT2D eigenvalue weighted by Crippen LogP contribution is -2.42. The van der Waals surface area contributed by atoms with E-state index >= 15 is 0 Å². The van der Waals surface area contributed by atoms with Gasteiger partial charge in [0.1, 0.15) is 6.07 Å². The summed E-state index contributed by atoms with van der Waals surface area (Å²) < 4.78 is 0. The Kier molecular flexibility index (Phi) is 3.65. The molecular formula is C14H19N3. The zero-order valence-electron chi connectivity index (χ0n) is 10.5. The maximum atomic E-state index is 9.04. The summed E-state index contributed by atoms with van der Waals surface area (Å²) >= 11 is 0. The number of nitrogens with zero attached hydrogens (tertiary/aromatic N) is 2. The van der Waals surface area contributed by atoms with Crippen molar-refractivity contribution >= 4 is 5.69 Å². The van der Waals surface area contributed by atoms with Gasteiger partial charge >= 0.3 is 0 Å². The fourth-order valence-electron chi connectivity index (χ4n) is 2.35. The molecule has 17 heavy (non-hydrogen) atoms. The standard InChI is InChI=1S/C14H19N3/c1-11-9-13(7-8-17(11)2)16-14-6-4-3-5-12(14)10-15/h3-6,11,13,16H,7-9H2,1-2H3. The Morgan fingerprint density at radius 3 is 2.88 bits per heavy atom. The molecule has 1 aliphatic rings. The normalized spacial score (nSPS) is 25.2. The van der Waals surface area contributed by atoms with Gasteiger partial charge in [0.15, 0.2) is 0 Å². The average Bonchev–Trinajstić information content (AvgIpc) is 2.34. The third-order valence-electron chi connectivity index (χ3n) is 3.62. The highest BCUT2D eigenvalue weighted by Crippen LogP contribution is 2.21. The number of nitrogens with one attached hydrogen (secondary N) is 1. The summed E-state index contributed by atoms with van der Waals surface area (Å²) in [5.74, 6) is 0. The van der Waals surface area contributed by atoms with Crippen LogP contribution in [-0.4, -0.2) is 30.6 Å². The molecule has 0 aromatic heterocycles. The van der Waals surface area contributed by atoms with Crippen molar-refractivity contribution in [3.8, 4) is 6.07 Å². The topological polar surface area (TPSA) is 39.1 Å². The second kappa shape index (κ2) is 5.20. The smallest absolute Gasteiger partial charge is 0.101 e. The fourth-order valence-corrected chi connectivity index (χ4v) is 2.35. The minimum absolute atomic E-state index is 0.482. The number of rotatable bonds is 2. The highest BCUT2D eigenvalue weighted by Gasteiger charge is 2.22. The molecule has 0 amide bonds. The molecule has 2 unspecified atom stereocenters. The molecule has 0 bridgehead atoms. The second-order valence-corrected chi connectivity index (χ2v) is 4.85. The summed E-state index contributed by atoms with van der Waals surface area (Å²) in [7, 11) is 2.17. The van der Waals surface area contributed by atoms with E-state index in [4.69, 9.17) is 5.26 Å². The van der Waals surface area contributed by atoms with E-state index in [1.807, 2.05) is 24.3 Å². The maximum Gasteiger partial charge on any atom is 0.101 e. The molecule has 3 heteroatoms. The highest BCUT2D eigenvalue weighted by molar-refractivity contribution is 5.57. The molecule has 0 spiro atoms. The molecule has 90 valence electrons. The van der Waals surface area contributed by atoms with E-state index in [-0.39, 0.29) is 0 Å². The third-order valence-corrected chi connectivity index (χ3v) is 3.62. The number of nitriles is 1. The first kappa shape index (κ1) is 11.9. The van der Waals surface area contributed by atoms with E-state index in [9.17, 15) is 0 Å². The Labute approximate surface area is 103 Å². The van der Waals surface area contributed by atoms with Crippen LogP contribution in [0.3, 0.4) is 0 Å². The van der Waals surface area contributed by atoms with E-state index in [0.717, 1.165) is 30.6 Å². The van der Waals surface area contributed by atoms with Crippen LogP contribution in [-0.2, 0) is 0 Å². The first-order valence-electron chi connectivity index (χ1n) is 6.16. The van der Waals surface area contributed by atoms with E-state index < -0.39 is 0 Å². The molecule has 1 fully saturated rings. The Morgan fingerprint density at radius 2 is 2.18 bits per heavy atom. The predicted molar refractivity (Wildman–Crippen MR) is 69.9 cm³/mol. The summed E-state index contributed by atoms with van der Waals surface area (Å²) in [6, 6.07) is 11.0. The molecule has 2 rings (SSSR count). The monoisotopic (exact) mass is 229 g/mol.